The van der Waals surface area contributed by atoms with Gasteiger partial charge in [0.1, 0.15) is 5.82 Å². The van der Waals surface area contributed by atoms with Crippen LogP contribution in [0.2, 0.25) is 0 Å². The van der Waals surface area contributed by atoms with Crippen molar-refractivity contribution >= 4 is 26.7 Å². The van der Waals surface area contributed by atoms with Crippen LogP contribution in [-0.2, 0) is 10.8 Å². The Balaban J connectivity index is 1.98. The number of hydrogen-bond donors (Lipinski definition) is 1. The molecule has 1 aliphatic heterocycles. The van der Waals surface area contributed by atoms with E-state index >= 15 is 0 Å². The van der Waals surface area contributed by atoms with Gasteiger partial charge in [0.25, 0.3) is 0 Å². The smallest absolute Gasteiger partial charge is 0.124 e. The molecule has 1 N–H and O–H groups in total. The monoisotopic (exact) mass is 333 g/mol. The lowest BCUT2D eigenvalue weighted by molar-refractivity contribution is 0.426. The fraction of sp³-hybridized carbons (Fsp3) is 0.538. The summed E-state index contributed by atoms with van der Waals surface area (Å²) in [6, 6.07) is 5.35. The molecular weight excluding hydrogens is 317 g/mol. The third-order valence-corrected chi connectivity index (χ3v) is 5.37. The van der Waals surface area contributed by atoms with E-state index < -0.39 is 10.8 Å². The Morgan fingerprint density at radius 2 is 2.11 bits per heavy atom. The predicted octanol–water partition coefficient (Wildman–Crippen LogP) is 3.15. The van der Waals surface area contributed by atoms with Crippen LogP contribution in [0.25, 0.3) is 0 Å². The first-order valence-corrected chi connectivity index (χ1v) is 8.40. The van der Waals surface area contributed by atoms with Crippen molar-refractivity contribution in [2.75, 3.05) is 11.5 Å². The number of hydrogen-bond acceptors (Lipinski definition) is 2. The third-order valence-electron chi connectivity index (χ3n) is 3.30. The number of halogens is 2. The highest BCUT2D eigenvalue weighted by atomic mass is 79.9. The van der Waals surface area contributed by atoms with E-state index in [0.29, 0.717) is 6.04 Å². The van der Waals surface area contributed by atoms with E-state index in [9.17, 15) is 8.60 Å². The highest BCUT2D eigenvalue weighted by Gasteiger charge is 2.20. The molecule has 1 atom stereocenters. The van der Waals surface area contributed by atoms with E-state index in [-0.39, 0.29) is 11.9 Å². The second-order valence-electron chi connectivity index (χ2n) is 4.68. The zero-order chi connectivity index (χ0) is 13.1. The number of rotatable bonds is 3. The topological polar surface area (TPSA) is 29.1 Å². The maximum absolute atomic E-state index is 13.0. The van der Waals surface area contributed by atoms with Crippen molar-refractivity contribution < 1.29 is 8.60 Å². The third kappa shape index (κ3) is 3.62. The second-order valence-corrected chi connectivity index (χ2v) is 7.23. The molecule has 0 aromatic heterocycles. The average molecular weight is 334 g/mol. The minimum atomic E-state index is -0.627. The van der Waals surface area contributed by atoms with Gasteiger partial charge in [0.2, 0.25) is 0 Å². The van der Waals surface area contributed by atoms with Crippen LogP contribution < -0.4 is 5.32 Å². The summed E-state index contributed by atoms with van der Waals surface area (Å²) in [6.07, 6.45) is 1.91. The molecule has 2 rings (SSSR count). The Kier molecular flexibility index (Phi) is 4.92. The largest absolute Gasteiger partial charge is 0.307 e. The highest BCUT2D eigenvalue weighted by Crippen LogP contribution is 2.25. The summed E-state index contributed by atoms with van der Waals surface area (Å²) < 4.78 is 25.1. The van der Waals surface area contributed by atoms with Crippen LogP contribution in [0.5, 0.6) is 0 Å². The molecule has 2 nitrogen and oxygen atoms in total. The lowest BCUT2D eigenvalue weighted by atomic mass is 10.1. The molecule has 0 bridgehead atoms. The first-order valence-electron chi connectivity index (χ1n) is 6.12. The van der Waals surface area contributed by atoms with E-state index in [1.807, 2.05) is 0 Å². The first kappa shape index (κ1) is 14.2. The second kappa shape index (κ2) is 6.26. The summed E-state index contributed by atoms with van der Waals surface area (Å²) in [4.78, 5) is 0. The Hall–Kier alpha value is -0.260. The predicted molar refractivity (Wildman–Crippen MR) is 76.5 cm³/mol. The van der Waals surface area contributed by atoms with Gasteiger partial charge >= 0.3 is 0 Å². The van der Waals surface area contributed by atoms with Crippen LogP contribution in [0.4, 0.5) is 4.39 Å². The fourth-order valence-corrected chi connectivity index (χ4v) is 4.25. The molecule has 5 heteroatoms. The first-order chi connectivity index (χ1) is 8.56. The van der Waals surface area contributed by atoms with Crippen LogP contribution >= 0.6 is 15.9 Å². The summed E-state index contributed by atoms with van der Waals surface area (Å²) in [7, 11) is -0.627. The maximum atomic E-state index is 13.0. The maximum Gasteiger partial charge on any atom is 0.124 e. The van der Waals surface area contributed by atoms with Crippen molar-refractivity contribution in [1.29, 1.82) is 0 Å². The Morgan fingerprint density at radius 3 is 2.72 bits per heavy atom. The lowest BCUT2D eigenvalue weighted by Gasteiger charge is -2.27. The zero-order valence-electron chi connectivity index (χ0n) is 10.3. The van der Waals surface area contributed by atoms with Crippen LogP contribution in [-0.4, -0.2) is 21.8 Å². The molecule has 1 fully saturated rings. The summed E-state index contributed by atoms with van der Waals surface area (Å²) >= 11 is 3.39. The van der Waals surface area contributed by atoms with Crippen molar-refractivity contribution in [2.45, 2.75) is 31.8 Å². The van der Waals surface area contributed by atoms with E-state index in [1.54, 1.807) is 6.07 Å². The Labute approximate surface area is 118 Å². The van der Waals surface area contributed by atoms with Crippen LogP contribution in [0, 0.1) is 5.82 Å². The molecule has 0 radical (unpaired) electrons. The SMILES string of the molecule is CC(NC1CCS(=O)CC1)c1ccc(F)cc1Br. The molecule has 1 aliphatic rings. The standard InChI is InChI=1S/C13H17BrFNOS/c1-9(12-3-2-10(15)8-13(12)14)16-11-4-6-18(17)7-5-11/h2-3,8-9,11,16H,4-7H2,1H3. The summed E-state index contributed by atoms with van der Waals surface area (Å²) in [5.41, 5.74) is 1.06. The summed E-state index contributed by atoms with van der Waals surface area (Å²) in [6.45, 7) is 2.07. The Morgan fingerprint density at radius 1 is 1.44 bits per heavy atom. The molecule has 1 aromatic carbocycles. The van der Waals surface area contributed by atoms with Crippen LogP contribution in [0.15, 0.2) is 22.7 Å². The van der Waals surface area contributed by atoms with Gasteiger partial charge in [-0.15, -0.1) is 0 Å². The zero-order valence-corrected chi connectivity index (χ0v) is 12.7. The Bertz CT molecular complexity index is 445. The van der Waals surface area contributed by atoms with E-state index in [0.717, 1.165) is 34.4 Å². The van der Waals surface area contributed by atoms with E-state index in [1.165, 1.54) is 12.1 Å². The molecule has 1 aromatic rings. The summed E-state index contributed by atoms with van der Waals surface area (Å²) in [5, 5.41) is 3.53. The van der Waals surface area contributed by atoms with Gasteiger partial charge in [0.15, 0.2) is 0 Å². The van der Waals surface area contributed by atoms with Gasteiger partial charge in [-0.3, -0.25) is 4.21 Å². The molecule has 1 heterocycles. The molecular formula is C13H17BrFNOS. The van der Waals surface area contributed by atoms with Crippen LogP contribution in [0.3, 0.4) is 0 Å². The van der Waals surface area contributed by atoms with Gasteiger partial charge in [-0.25, -0.2) is 4.39 Å². The molecule has 0 amide bonds. The van der Waals surface area contributed by atoms with E-state index in [4.69, 9.17) is 0 Å². The minimum Gasteiger partial charge on any atom is -0.307 e. The van der Waals surface area contributed by atoms with Crippen LogP contribution in [0.1, 0.15) is 31.4 Å². The molecule has 100 valence electrons. The molecule has 18 heavy (non-hydrogen) atoms. The normalized spacial score (nSPS) is 25.9. The number of nitrogens with one attached hydrogen (secondary N) is 1. The molecule has 0 spiro atoms. The van der Waals surface area contributed by atoms with Crippen molar-refractivity contribution in [1.82, 2.24) is 5.32 Å². The van der Waals surface area contributed by atoms with Gasteiger partial charge < -0.3 is 5.32 Å². The van der Waals surface area contributed by atoms with Gasteiger partial charge in [-0.2, -0.15) is 0 Å². The summed E-state index contributed by atoms with van der Waals surface area (Å²) in [5.74, 6) is 1.34. The van der Waals surface area contributed by atoms with Crippen molar-refractivity contribution in [3.8, 4) is 0 Å². The lowest BCUT2D eigenvalue weighted by Crippen LogP contribution is -2.37. The quantitative estimate of drug-likeness (QED) is 0.920. The molecule has 1 saturated heterocycles. The van der Waals surface area contributed by atoms with Gasteiger partial charge in [0, 0.05) is 38.9 Å². The average Bonchev–Trinajstić information content (AvgIpc) is 2.32. The van der Waals surface area contributed by atoms with Crippen molar-refractivity contribution in [2.24, 2.45) is 0 Å². The van der Waals surface area contributed by atoms with Gasteiger partial charge in [0.05, 0.1) is 0 Å². The molecule has 1 unspecified atom stereocenters. The van der Waals surface area contributed by atoms with Crippen molar-refractivity contribution in [3.63, 3.8) is 0 Å². The van der Waals surface area contributed by atoms with E-state index in [2.05, 4.69) is 28.2 Å². The molecule has 0 aliphatic carbocycles. The van der Waals surface area contributed by atoms with Gasteiger partial charge in [-0.05, 0) is 37.5 Å². The molecule has 0 saturated carbocycles. The van der Waals surface area contributed by atoms with Crippen molar-refractivity contribution in [3.05, 3.63) is 34.1 Å². The highest BCUT2D eigenvalue weighted by molar-refractivity contribution is 9.10. The van der Waals surface area contributed by atoms with Gasteiger partial charge in [-0.1, -0.05) is 22.0 Å². The number of benzene rings is 1. The minimum absolute atomic E-state index is 0.163. The fourth-order valence-electron chi connectivity index (χ4n) is 2.26.